The van der Waals surface area contributed by atoms with Gasteiger partial charge >= 0.3 is 0 Å². The lowest BCUT2D eigenvalue weighted by molar-refractivity contribution is 0.108. The lowest BCUT2D eigenvalue weighted by Crippen LogP contribution is -2.53. The molecular formula is C18H34N2O. The Kier molecular flexibility index (Phi) is 5.23. The van der Waals surface area contributed by atoms with Crippen LogP contribution in [0.5, 0.6) is 0 Å². The first-order valence-corrected chi connectivity index (χ1v) is 9.40. The van der Waals surface area contributed by atoms with E-state index >= 15 is 0 Å². The third kappa shape index (κ3) is 4.00. The van der Waals surface area contributed by atoms with Crippen molar-refractivity contribution in [3.05, 3.63) is 0 Å². The first kappa shape index (κ1) is 15.8. The van der Waals surface area contributed by atoms with Crippen molar-refractivity contribution in [3.63, 3.8) is 0 Å². The molecule has 3 saturated carbocycles. The normalized spacial score (nSPS) is 33.0. The zero-order chi connectivity index (χ0) is 14.7. The van der Waals surface area contributed by atoms with E-state index in [0.29, 0.717) is 18.6 Å². The Labute approximate surface area is 130 Å². The molecule has 0 heterocycles. The fourth-order valence-electron chi connectivity index (χ4n) is 4.24. The maximum Gasteiger partial charge on any atom is 0.0616 e. The summed E-state index contributed by atoms with van der Waals surface area (Å²) in [5.41, 5.74) is 0.0567. The zero-order valence-electron chi connectivity index (χ0n) is 13.8. The maximum absolute atomic E-state index is 10.0. The molecule has 3 nitrogen and oxygen atoms in total. The molecular weight excluding hydrogens is 260 g/mol. The Morgan fingerprint density at radius 1 is 1.14 bits per heavy atom. The topological polar surface area (TPSA) is 35.5 Å². The second kappa shape index (κ2) is 6.97. The molecule has 0 radical (unpaired) electrons. The van der Waals surface area contributed by atoms with Gasteiger partial charge in [0.2, 0.25) is 0 Å². The van der Waals surface area contributed by atoms with Crippen LogP contribution in [0.25, 0.3) is 0 Å². The molecule has 0 aliphatic heterocycles. The largest absolute Gasteiger partial charge is 0.394 e. The van der Waals surface area contributed by atoms with Gasteiger partial charge in [-0.25, -0.2) is 0 Å². The van der Waals surface area contributed by atoms with E-state index in [1.165, 1.54) is 77.3 Å². The summed E-state index contributed by atoms with van der Waals surface area (Å²) in [6.07, 6.45) is 13.2. The van der Waals surface area contributed by atoms with Crippen LogP contribution in [0.15, 0.2) is 0 Å². The average molecular weight is 294 g/mol. The molecule has 0 spiro atoms. The Bertz CT molecular complexity index is 327. The van der Waals surface area contributed by atoms with Crippen molar-refractivity contribution in [2.24, 2.45) is 5.92 Å². The minimum Gasteiger partial charge on any atom is -0.394 e. The van der Waals surface area contributed by atoms with Crippen LogP contribution in [0.2, 0.25) is 0 Å². The van der Waals surface area contributed by atoms with E-state index in [9.17, 15) is 5.11 Å². The SMILES string of the molecule is CCCCN(CCC1CCCC1(CO)NC1CC1)C1CC1. The molecule has 3 fully saturated rings. The number of unbranched alkanes of at least 4 members (excludes halogenated alkanes) is 1. The minimum absolute atomic E-state index is 0.0567. The van der Waals surface area contributed by atoms with Gasteiger partial charge in [-0.2, -0.15) is 0 Å². The van der Waals surface area contributed by atoms with Gasteiger partial charge in [-0.3, -0.25) is 0 Å². The molecule has 2 N–H and O–H groups in total. The van der Waals surface area contributed by atoms with E-state index < -0.39 is 0 Å². The summed E-state index contributed by atoms with van der Waals surface area (Å²) in [6, 6.07) is 1.59. The predicted octanol–water partition coefficient (Wildman–Crippen LogP) is 2.92. The van der Waals surface area contributed by atoms with Crippen molar-refractivity contribution >= 4 is 0 Å². The molecule has 0 aromatic heterocycles. The second-order valence-electron chi connectivity index (χ2n) is 7.73. The van der Waals surface area contributed by atoms with Gasteiger partial charge in [0.25, 0.3) is 0 Å². The molecule has 0 bridgehead atoms. The third-order valence-electron chi connectivity index (χ3n) is 5.93. The van der Waals surface area contributed by atoms with E-state index in [1.54, 1.807) is 0 Å². The van der Waals surface area contributed by atoms with E-state index in [4.69, 9.17) is 0 Å². The number of nitrogens with zero attached hydrogens (tertiary/aromatic N) is 1. The number of hydrogen-bond donors (Lipinski definition) is 2. The van der Waals surface area contributed by atoms with Crippen LogP contribution in [0.1, 0.15) is 71.1 Å². The predicted molar refractivity (Wildman–Crippen MR) is 87.4 cm³/mol. The molecule has 2 atom stereocenters. The smallest absolute Gasteiger partial charge is 0.0616 e. The van der Waals surface area contributed by atoms with Crippen molar-refractivity contribution < 1.29 is 5.11 Å². The number of rotatable bonds is 10. The molecule has 3 aliphatic carbocycles. The van der Waals surface area contributed by atoms with E-state index in [0.717, 1.165) is 6.04 Å². The molecule has 0 amide bonds. The quantitative estimate of drug-likeness (QED) is 0.650. The van der Waals surface area contributed by atoms with Gasteiger partial charge in [0.1, 0.15) is 0 Å². The number of nitrogens with one attached hydrogen (secondary N) is 1. The highest BCUT2D eigenvalue weighted by atomic mass is 16.3. The average Bonchev–Trinajstić information content (AvgIpc) is 3.39. The van der Waals surface area contributed by atoms with Gasteiger partial charge in [0, 0.05) is 17.6 Å². The first-order valence-electron chi connectivity index (χ1n) is 9.40. The van der Waals surface area contributed by atoms with Crippen LogP contribution in [-0.2, 0) is 0 Å². The third-order valence-corrected chi connectivity index (χ3v) is 5.93. The van der Waals surface area contributed by atoms with Crippen LogP contribution in [0, 0.1) is 5.92 Å². The molecule has 3 rings (SSSR count). The fraction of sp³-hybridized carbons (Fsp3) is 1.00. The molecule has 2 unspecified atom stereocenters. The van der Waals surface area contributed by atoms with Crippen LogP contribution >= 0.6 is 0 Å². The lowest BCUT2D eigenvalue weighted by Gasteiger charge is -2.36. The molecule has 0 saturated heterocycles. The van der Waals surface area contributed by atoms with Crippen LogP contribution in [0.4, 0.5) is 0 Å². The summed E-state index contributed by atoms with van der Waals surface area (Å²) in [6.45, 7) is 5.17. The van der Waals surface area contributed by atoms with E-state index in [1.807, 2.05) is 0 Å². The zero-order valence-corrected chi connectivity index (χ0v) is 13.8. The Hall–Kier alpha value is -0.120. The summed E-state index contributed by atoms with van der Waals surface area (Å²) < 4.78 is 0. The highest BCUT2D eigenvalue weighted by molar-refractivity contribution is 5.03. The Morgan fingerprint density at radius 3 is 2.57 bits per heavy atom. The first-order chi connectivity index (χ1) is 10.3. The van der Waals surface area contributed by atoms with E-state index in [-0.39, 0.29) is 5.54 Å². The van der Waals surface area contributed by atoms with Crippen molar-refractivity contribution in [2.45, 2.75) is 88.8 Å². The molecule has 0 aromatic carbocycles. The van der Waals surface area contributed by atoms with Crippen LogP contribution in [-0.4, -0.2) is 47.3 Å². The molecule has 3 heteroatoms. The van der Waals surface area contributed by atoms with Gasteiger partial charge in [-0.05, 0) is 70.4 Å². The van der Waals surface area contributed by atoms with Gasteiger partial charge in [0.05, 0.1) is 6.61 Å². The summed E-state index contributed by atoms with van der Waals surface area (Å²) in [4.78, 5) is 2.74. The highest BCUT2D eigenvalue weighted by Crippen LogP contribution is 2.40. The summed E-state index contributed by atoms with van der Waals surface area (Å²) in [5.74, 6) is 0.686. The van der Waals surface area contributed by atoms with Gasteiger partial charge in [0.15, 0.2) is 0 Å². The van der Waals surface area contributed by atoms with Crippen molar-refractivity contribution in [1.82, 2.24) is 10.2 Å². The van der Waals surface area contributed by atoms with Gasteiger partial charge in [-0.1, -0.05) is 19.8 Å². The number of aliphatic hydroxyl groups excluding tert-OH is 1. The standard InChI is InChI=1S/C18H34N2O/c1-2-3-12-20(17-8-9-17)13-10-15-5-4-11-18(15,14-21)19-16-6-7-16/h15-17,19,21H,2-14H2,1H3. The Morgan fingerprint density at radius 2 is 1.95 bits per heavy atom. The van der Waals surface area contributed by atoms with Crippen molar-refractivity contribution in [2.75, 3.05) is 19.7 Å². The van der Waals surface area contributed by atoms with E-state index in [2.05, 4.69) is 17.1 Å². The lowest BCUT2D eigenvalue weighted by atomic mass is 9.85. The van der Waals surface area contributed by atoms with Gasteiger partial charge in [-0.15, -0.1) is 0 Å². The second-order valence-corrected chi connectivity index (χ2v) is 7.73. The highest BCUT2D eigenvalue weighted by Gasteiger charge is 2.45. The monoisotopic (exact) mass is 294 g/mol. The van der Waals surface area contributed by atoms with Gasteiger partial charge < -0.3 is 15.3 Å². The summed E-state index contributed by atoms with van der Waals surface area (Å²) >= 11 is 0. The van der Waals surface area contributed by atoms with Crippen LogP contribution < -0.4 is 5.32 Å². The molecule has 3 aliphatic rings. The molecule has 21 heavy (non-hydrogen) atoms. The molecule has 0 aromatic rings. The fourth-order valence-corrected chi connectivity index (χ4v) is 4.24. The number of aliphatic hydroxyl groups is 1. The maximum atomic E-state index is 10.0. The summed E-state index contributed by atoms with van der Waals surface area (Å²) in [5, 5.41) is 13.8. The van der Waals surface area contributed by atoms with Crippen LogP contribution in [0.3, 0.4) is 0 Å². The molecule has 122 valence electrons. The summed E-state index contributed by atoms with van der Waals surface area (Å²) in [7, 11) is 0. The Balaban J connectivity index is 1.51. The number of hydrogen-bond acceptors (Lipinski definition) is 3. The minimum atomic E-state index is 0.0567. The van der Waals surface area contributed by atoms with Crippen molar-refractivity contribution in [1.29, 1.82) is 0 Å². The van der Waals surface area contributed by atoms with Crippen molar-refractivity contribution in [3.8, 4) is 0 Å².